The van der Waals surface area contributed by atoms with E-state index in [2.05, 4.69) is 31.2 Å². The topological polar surface area (TPSA) is 35.2 Å². The molecule has 23 heavy (non-hydrogen) atoms. The molecule has 0 saturated heterocycles. The van der Waals surface area contributed by atoms with Crippen LogP contribution in [0, 0.1) is 0 Å². The summed E-state index contributed by atoms with van der Waals surface area (Å²) >= 11 is 0. The number of unbranched alkanes of at least 4 members (excludes halogenated alkanes) is 9. The summed E-state index contributed by atoms with van der Waals surface area (Å²) < 4.78 is 5.47. The van der Waals surface area contributed by atoms with Crippen molar-refractivity contribution in [2.75, 3.05) is 13.2 Å². The molecule has 0 radical (unpaired) electrons. The zero-order valence-corrected chi connectivity index (χ0v) is 15.8. The molecule has 1 atom stereocenters. The third-order valence-electron chi connectivity index (χ3n) is 3.87. The monoisotopic (exact) mass is 323 g/mol. The standard InChI is InChI=1S/C21H41NO/c1-3-4-5-6-7-8-9-10-11-12-13-14-15-16-17-18-19-23-20-21(2)22/h7-8,10-11,21H,3-6,9,12-20,22H2,1-2H3/b8-7-,11-10-. The lowest BCUT2D eigenvalue weighted by molar-refractivity contribution is 0.120. The van der Waals surface area contributed by atoms with Crippen LogP contribution < -0.4 is 5.73 Å². The largest absolute Gasteiger partial charge is 0.380 e. The summed E-state index contributed by atoms with van der Waals surface area (Å²) in [5.41, 5.74) is 5.63. The molecule has 2 N–H and O–H groups in total. The first kappa shape index (κ1) is 22.4. The van der Waals surface area contributed by atoms with Crippen LogP contribution in [0.4, 0.5) is 0 Å². The van der Waals surface area contributed by atoms with E-state index in [-0.39, 0.29) is 6.04 Å². The van der Waals surface area contributed by atoms with Crippen molar-refractivity contribution >= 4 is 0 Å². The molecule has 2 heteroatoms. The fourth-order valence-corrected chi connectivity index (χ4v) is 2.46. The van der Waals surface area contributed by atoms with E-state index < -0.39 is 0 Å². The lowest BCUT2D eigenvalue weighted by Gasteiger charge is -2.06. The minimum Gasteiger partial charge on any atom is -0.380 e. The molecule has 0 aliphatic rings. The van der Waals surface area contributed by atoms with Crippen molar-refractivity contribution in [1.82, 2.24) is 0 Å². The van der Waals surface area contributed by atoms with E-state index in [4.69, 9.17) is 10.5 Å². The smallest absolute Gasteiger partial charge is 0.0614 e. The number of allylic oxidation sites excluding steroid dienone is 4. The zero-order chi connectivity index (χ0) is 17.0. The molecule has 0 aliphatic carbocycles. The van der Waals surface area contributed by atoms with Crippen molar-refractivity contribution in [3.8, 4) is 0 Å². The van der Waals surface area contributed by atoms with Crippen LogP contribution in [0.25, 0.3) is 0 Å². The second kappa shape index (κ2) is 19.4. The molecule has 0 fully saturated rings. The normalized spacial score (nSPS) is 13.3. The summed E-state index contributed by atoms with van der Waals surface area (Å²) in [7, 11) is 0. The van der Waals surface area contributed by atoms with E-state index in [0.717, 1.165) is 13.0 Å². The summed E-state index contributed by atoms with van der Waals surface area (Å²) in [6.45, 7) is 5.81. The van der Waals surface area contributed by atoms with Gasteiger partial charge in [-0.2, -0.15) is 0 Å². The Morgan fingerprint density at radius 2 is 1.35 bits per heavy atom. The van der Waals surface area contributed by atoms with Crippen LogP contribution in [0.2, 0.25) is 0 Å². The summed E-state index contributed by atoms with van der Waals surface area (Å²) in [5, 5.41) is 0. The summed E-state index contributed by atoms with van der Waals surface area (Å²) in [5.74, 6) is 0. The van der Waals surface area contributed by atoms with Crippen LogP contribution in [0.5, 0.6) is 0 Å². The number of ether oxygens (including phenoxy) is 1. The Kier molecular flexibility index (Phi) is 18.9. The summed E-state index contributed by atoms with van der Waals surface area (Å²) in [6.07, 6.45) is 24.8. The Morgan fingerprint density at radius 1 is 0.783 bits per heavy atom. The van der Waals surface area contributed by atoms with E-state index >= 15 is 0 Å². The molecule has 136 valence electrons. The van der Waals surface area contributed by atoms with E-state index in [0.29, 0.717) is 6.61 Å². The average Bonchev–Trinajstić information content (AvgIpc) is 2.53. The van der Waals surface area contributed by atoms with Gasteiger partial charge < -0.3 is 10.5 Å². The van der Waals surface area contributed by atoms with Crippen LogP contribution in [-0.4, -0.2) is 19.3 Å². The Balaban J connectivity index is 3.13. The van der Waals surface area contributed by atoms with Gasteiger partial charge in [0.2, 0.25) is 0 Å². The molecule has 0 rings (SSSR count). The highest BCUT2D eigenvalue weighted by Gasteiger charge is 1.94. The van der Waals surface area contributed by atoms with Crippen LogP contribution >= 0.6 is 0 Å². The molecule has 0 spiro atoms. The molecule has 0 aromatic heterocycles. The van der Waals surface area contributed by atoms with Crippen molar-refractivity contribution in [2.24, 2.45) is 5.73 Å². The summed E-state index contributed by atoms with van der Waals surface area (Å²) in [4.78, 5) is 0. The first-order valence-electron chi connectivity index (χ1n) is 9.90. The third kappa shape index (κ3) is 21.4. The fourth-order valence-electron chi connectivity index (χ4n) is 2.46. The SMILES string of the molecule is CCCCC/C=C\C/C=C\CCCCCCCCOCC(C)N. The second-order valence-electron chi connectivity index (χ2n) is 6.64. The van der Waals surface area contributed by atoms with E-state index in [1.54, 1.807) is 0 Å². The number of hydrogen-bond acceptors (Lipinski definition) is 2. The summed E-state index contributed by atoms with van der Waals surface area (Å²) in [6, 6.07) is 0.166. The average molecular weight is 324 g/mol. The minimum atomic E-state index is 0.166. The van der Waals surface area contributed by atoms with Gasteiger partial charge in [0.1, 0.15) is 0 Å². The zero-order valence-electron chi connectivity index (χ0n) is 15.8. The van der Waals surface area contributed by atoms with Gasteiger partial charge in [0.05, 0.1) is 6.61 Å². The molecule has 2 nitrogen and oxygen atoms in total. The first-order valence-corrected chi connectivity index (χ1v) is 9.90. The highest BCUT2D eigenvalue weighted by atomic mass is 16.5. The van der Waals surface area contributed by atoms with E-state index in [1.807, 2.05) is 6.92 Å². The molecule has 0 bridgehead atoms. The highest BCUT2D eigenvalue weighted by Crippen LogP contribution is 2.08. The number of nitrogens with two attached hydrogens (primary N) is 1. The molecule has 1 unspecified atom stereocenters. The highest BCUT2D eigenvalue weighted by molar-refractivity contribution is 4.92. The van der Waals surface area contributed by atoms with Crippen LogP contribution in [-0.2, 0) is 4.74 Å². The maximum Gasteiger partial charge on any atom is 0.0614 e. The van der Waals surface area contributed by atoms with Gasteiger partial charge in [-0.15, -0.1) is 0 Å². The lowest BCUT2D eigenvalue weighted by atomic mass is 10.1. The third-order valence-corrected chi connectivity index (χ3v) is 3.87. The van der Waals surface area contributed by atoms with Crippen molar-refractivity contribution in [3.05, 3.63) is 24.3 Å². The Morgan fingerprint density at radius 3 is 1.96 bits per heavy atom. The quantitative estimate of drug-likeness (QED) is 0.257. The molecule has 0 amide bonds. The first-order chi connectivity index (χ1) is 11.3. The fraction of sp³-hybridized carbons (Fsp3) is 0.810. The van der Waals surface area contributed by atoms with E-state index in [1.165, 1.54) is 70.6 Å². The number of rotatable bonds is 17. The van der Waals surface area contributed by atoms with Crippen LogP contribution in [0.1, 0.15) is 90.9 Å². The van der Waals surface area contributed by atoms with Gasteiger partial charge in [-0.05, 0) is 45.4 Å². The van der Waals surface area contributed by atoms with Gasteiger partial charge in [0.25, 0.3) is 0 Å². The van der Waals surface area contributed by atoms with Gasteiger partial charge in [-0.3, -0.25) is 0 Å². The molecule has 0 saturated carbocycles. The molecular formula is C21H41NO. The maximum absolute atomic E-state index is 5.63. The predicted octanol–water partition coefficient (Wildman–Crippen LogP) is 6.16. The number of hydrogen-bond donors (Lipinski definition) is 1. The van der Waals surface area contributed by atoms with Crippen LogP contribution in [0.15, 0.2) is 24.3 Å². The Hall–Kier alpha value is -0.600. The molecule has 0 heterocycles. The minimum absolute atomic E-state index is 0.166. The molecule has 0 aliphatic heterocycles. The van der Waals surface area contributed by atoms with Gasteiger partial charge in [0, 0.05) is 12.6 Å². The second-order valence-corrected chi connectivity index (χ2v) is 6.64. The van der Waals surface area contributed by atoms with Gasteiger partial charge in [0.15, 0.2) is 0 Å². The van der Waals surface area contributed by atoms with Crippen molar-refractivity contribution in [2.45, 2.75) is 96.9 Å². The van der Waals surface area contributed by atoms with Crippen LogP contribution in [0.3, 0.4) is 0 Å². The van der Waals surface area contributed by atoms with Crippen molar-refractivity contribution < 1.29 is 4.74 Å². The van der Waals surface area contributed by atoms with Gasteiger partial charge in [-0.25, -0.2) is 0 Å². The van der Waals surface area contributed by atoms with Crippen molar-refractivity contribution in [3.63, 3.8) is 0 Å². The van der Waals surface area contributed by atoms with Crippen molar-refractivity contribution in [1.29, 1.82) is 0 Å². The van der Waals surface area contributed by atoms with Gasteiger partial charge in [-0.1, -0.05) is 69.8 Å². The maximum atomic E-state index is 5.63. The molecule has 0 aromatic rings. The van der Waals surface area contributed by atoms with E-state index in [9.17, 15) is 0 Å². The predicted molar refractivity (Wildman–Crippen MR) is 104 cm³/mol. The lowest BCUT2D eigenvalue weighted by Crippen LogP contribution is -2.22. The Labute approximate surface area is 145 Å². The molecular weight excluding hydrogens is 282 g/mol. The molecule has 0 aromatic carbocycles. The Bertz CT molecular complexity index is 271. The van der Waals surface area contributed by atoms with Gasteiger partial charge >= 0.3 is 0 Å².